The molecule has 0 atom stereocenters. The molecule has 0 aromatic heterocycles. The molecule has 0 spiro atoms. The average Bonchev–Trinajstić information content (AvgIpc) is 2.72. The number of amides is 2. The van der Waals surface area contributed by atoms with E-state index in [0.29, 0.717) is 31.7 Å². The van der Waals surface area contributed by atoms with Crippen LogP contribution in [0.25, 0.3) is 0 Å². The highest BCUT2D eigenvalue weighted by atomic mass is 19.1. The summed E-state index contributed by atoms with van der Waals surface area (Å²) >= 11 is 0. The lowest BCUT2D eigenvalue weighted by Crippen LogP contribution is -2.48. The van der Waals surface area contributed by atoms with Gasteiger partial charge in [0.05, 0.1) is 6.54 Å². The third-order valence-electron chi connectivity index (χ3n) is 4.83. The Hall–Kier alpha value is -2.93. The lowest BCUT2D eigenvalue weighted by Gasteiger charge is -2.36. The van der Waals surface area contributed by atoms with E-state index in [-0.39, 0.29) is 24.4 Å². The van der Waals surface area contributed by atoms with Gasteiger partial charge >= 0.3 is 0 Å². The molecule has 2 N–H and O–H groups in total. The average molecular weight is 398 g/mol. The fourth-order valence-electron chi connectivity index (χ4n) is 3.23. The third-order valence-corrected chi connectivity index (χ3v) is 4.83. The zero-order valence-corrected chi connectivity index (χ0v) is 16.8. The van der Waals surface area contributed by atoms with Gasteiger partial charge in [-0.05, 0) is 42.5 Å². The first-order valence-electron chi connectivity index (χ1n) is 9.85. The van der Waals surface area contributed by atoms with Crippen molar-refractivity contribution in [3.63, 3.8) is 0 Å². The van der Waals surface area contributed by atoms with Gasteiger partial charge in [-0.15, -0.1) is 0 Å². The van der Waals surface area contributed by atoms with Gasteiger partial charge in [0.15, 0.2) is 0 Å². The van der Waals surface area contributed by atoms with Crippen LogP contribution in [0.3, 0.4) is 0 Å². The van der Waals surface area contributed by atoms with Crippen molar-refractivity contribution in [1.29, 1.82) is 0 Å². The number of piperazine rings is 1. The van der Waals surface area contributed by atoms with Gasteiger partial charge in [-0.1, -0.05) is 19.9 Å². The molecule has 1 aliphatic heterocycles. The monoisotopic (exact) mass is 398 g/mol. The van der Waals surface area contributed by atoms with Crippen molar-refractivity contribution < 1.29 is 14.0 Å². The summed E-state index contributed by atoms with van der Waals surface area (Å²) < 4.78 is 13.4. The van der Waals surface area contributed by atoms with Crippen LogP contribution in [0, 0.1) is 5.82 Å². The molecule has 1 heterocycles. The molecule has 2 amide bonds. The highest BCUT2D eigenvalue weighted by molar-refractivity contribution is 5.94. The van der Waals surface area contributed by atoms with Gasteiger partial charge in [0.2, 0.25) is 5.91 Å². The smallest absolute Gasteiger partial charge is 0.254 e. The topological polar surface area (TPSA) is 64.7 Å². The largest absolute Gasteiger partial charge is 0.368 e. The number of nitrogens with zero attached hydrogens (tertiary/aromatic N) is 2. The first kappa shape index (κ1) is 20.8. The molecular weight excluding hydrogens is 371 g/mol. The normalized spacial score (nSPS) is 14.2. The Balaban J connectivity index is 1.52. The van der Waals surface area contributed by atoms with Crippen LogP contribution in [0.1, 0.15) is 24.2 Å². The number of halogens is 1. The molecule has 1 saturated heterocycles. The van der Waals surface area contributed by atoms with Crippen LogP contribution in [0.15, 0.2) is 48.5 Å². The van der Waals surface area contributed by atoms with Gasteiger partial charge in [-0.2, -0.15) is 0 Å². The number of carbonyl (C=O) groups excluding carboxylic acids is 2. The first-order valence-corrected chi connectivity index (χ1v) is 9.85. The van der Waals surface area contributed by atoms with E-state index in [1.165, 1.54) is 12.1 Å². The van der Waals surface area contributed by atoms with Crippen LogP contribution in [-0.4, -0.2) is 55.5 Å². The van der Waals surface area contributed by atoms with E-state index in [9.17, 15) is 14.0 Å². The molecule has 0 radical (unpaired) electrons. The number of rotatable bonds is 6. The van der Waals surface area contributed by atoms with Crippen LogP contribution in [-0.2, 0) is 4.79 Å². The zero-order chi connectivity index (χ0) is 20.8. The molecule has 2 aromatic carbocycles. The van der Waals surface area contributed by atoms with Crippen LogP contribution in [0.5, 0.6) is 0 Å². The Morgan fingerprint density at radius 2 is 1.72 bits per heavy atom. The molecule has 154 valence electrons. The molecule has 0 saturated carbocycles. The Labute approximate surface area is 170 Å². The fraction of sp³-hybridized carbons (Fsp3) is 0.364. The highest BCUT2D eigenvalue weighted by Gasteiger charge is 2.22. The summed E-state index contributed by atoms with van der Waals surface area (Å²) in [5.41, 5.74) is 2.18. The minimum Gasteiger partial charge on any atom is -0.368 e. The summed E-state index contributed by atoms with van der Waals surface area (Å²) in [7, 11) is 0. The summed E-state index contributed by atoms with van der Waals surface area (Å²) in [4.78, 5) is 28.4. The fourth-order valence-corrected chi connectivity index (χ4v) is 3.23. The number of nitrogens with one attached hydrogen (secondary N) is 2. The molecule has 0 bridgehead atoms. The summed E-state index contributed by atoms with van der Waals surface area (Å²) in [6.45, 7) is 6.82. The summed E-state index contributed by atoms with van der Waals surface area (Å²) in [6.07, 6.45) is 0. The van der Waals surface area contributed by atoms with E-state index in [0.717, 1.165) is 11.4 Å². The van der Waals surface area contributed by atoms with E-state index < -0.39 is 5.82 Å². The minimum absolute atomic E-state index is 0.0732. The Morgan fingerprint density at radius 3 is 2.34 bits per heavy atom. The molecular formula is C22H27FN4O2. The third kappa shape index (κ3) is 5.77. The van der Waals surface area contributed by atoms with E-state index >= 15 is 0 Å². The van der Waals surface area contributed by atoms with Crippen molar-refractivity contribution in [2.75, 3.05) is 42.9 Å². The maximum absolute atomic E-state index is 13.4. The summed E-state index contributed by atoms with van der Waals surface area (Å²) in [5.74, 6) is -0.616. The molecule has 2 aromatic rings. The van der Waals surface area contributed by atoms with Gasteiger partial charge in [0.1, 0.15) is 5.82 Å². The lowest BCUT2D eigenvalue weighted by atomic mass is 10.1. The molecule has 7 heteroatoms. The van der Waals surface area contributed by atoms with Crippen LogP contribution in [0.2, 0.25) is 0 Å². The molecule has 29 heavy (non-hydrogen) atoms. The molecule has 1 fully saturated rings. The first-order chi connectivity index (χ1) is 13.9. The second-order valence-electron chi connectivity index (χ2n) is 7.42. The highest BCUT2D eigenvalue weighted by Crippen LogP contribution is 2.20. The Kier molecular flexibility index (Phi) is 6.82. The standard InChI is InChI=1S/C22H27FN4O2/c1-16(2)24-15-21(28)25-19-6-8-20(9-7-19)26-10-12-27(13-11-26)22(29)17-4-3-5-18(23)14-17/h3-9,14,16,24H,10-13,15H2,1-2H3,(H,25,28). The Bertz CT molecular complexity index is 846. The summed E-state index contributed by atoms with van der Waals surface area (Å²) in [5, 5.41) is 5.95. The van der Waals surface area contributed by atoms with Crippen molar-refractivity contribution in [2.24, 2.45) is 0 Å². The van der Waals surface area contributed by atoms with Crippen molar-refractivity contribution in [1.82, 2.24) is 10.2 Å². The van der Waals surface area contributed by atoms with Crippen LogP contribution in [0.4, 0.5) is 15.8 Å². The molecule has 3 rings (SSSR count). The van der Waals surface area contributed by atoms with Crippen molar-refractivity contribution in [3.8, 4) is 0 Å². The predicted molar refractivity (Wildman–Crippen MR) is 113 cm³/mol. The van der Waals surface area contributed by atoms with E-state index in [1.807, 2.05) is 38.1 Å². The van der Waals surface area contributed by atoms with E-state index in [2.05, 4.69) is 15.5 Å². The van der Waals surface area contributed by atoms with E-state index in [1.54, 1.807) is 17.0 Å². The lowest BCUT2D eigenvalue weighted by molar-refractivity contribution is -0.115. The number of carbonyl (C=O) groups is 2. The van der Waals surface area contributed by atoms with Crippen molar-refractivity contribution in [3.05, 3.63) is 59.9 Å². The van der Waals surface area contributed by atoms with Crippen molar-refractivity contribution >= 4 is 23.2 Å². The van der Waals surface area contributed by atoms with Gasteiger partial charge in [0.25, 0.3) is 5.91 Å². The maximum atomic E-state index is 13.4. The van der Waals surface area contributed by atoms with Crippen LogP contribution < -0.4 is 15.5 Å². The minimum atomic E-state index is -0.401. The quantitative estimate of drug-likeness (QED) is 0.785. The number of hydrogen-bond acceptors (Lipinski definition) is 4. The second kappa shape index (κ2) is 9.52. The number of benzene rings is 2. The molecule has 0 aliphatic carbocycles. The maximum Gasteiger partial charge on any atom is 0.254 e. The zero-order valence-electron chi connectivity index (χ0n) is 16.8. The van der Waals surface area contributed by atoms with Gasteiger partial charge in [-0.3, -0.25) is 9.59 Å². The Morgan fingerprint density at radius 1 is 1.03 bits per heavy atom. The van der Waals surface area contributed by atoms with Crippen LogP contribution >= 0.6 is 0 Å². The predicted octanol–water partition coefficient (Wildman–Crippen LogP) is 2.72. The second-order valence-corrected chi connectivity index (χ2v) is 7.42. The molecule has 1 aliphatic rings. The number of hydrogen-bond donors (Lipinski definition) is 2. The van der Waals surface area contributed by atoms with Gasteiger partial charge < -0.3 is 20.4 Å². The van der Waals surface area contributed by atoms with E-state index in [4.69, 9.17) is 0 Å². The SMILES string of the molecule is CC(C)NCC(=O)Nc1ccc(N2CCN(C(=O)c3cccc(F)c3)CC2)cc1. The summed E-state index contributed by atoms with van der Waals surface area (Å²) in [6, 6.07) is 13.8. The van der Waals surface area contributed by atoms with Gasteiger partial charge in [0, 0.05) is 49.2 Å². The molecule has 6 nitrogen and oxygen atoms in total. The molecule has 0 unspecified atom stereocenters. The number of anilines is 2. The van der Waals surface area contributed by atoms with Crippen molar-refractivity contribution in [2.45, 2.75) is 19.9 Å². The van der Waals surface area contributed by atoms with Gasteiger partial charge in [-0.25, -0.2) is 4.39 Å².